The summed E-state index contributed by atoms with van der Waals surface area (Å²) in [6, 6.07) is 8.85. The number of hydrogen-bond acceptors (Lipinski definition) is 5. The number of primary amides is 1. The van der Waals surface area contributed by atoms with Gasteiger partial charge in [-0.1, -0.05) is 29.5 Å². The number of halogens is 2. The molecule has 0 aliphatic carbocycles. The summed E-state index contributed by atoms with van der Waals surface area (Å²) < 4.78 is 27.6. The molecule has 0 fully saturated rings. The maximum Gasteiger partial charge on any atom is 0.270 e. The highest BCUT2D eigenvalue weighted by atomic mass is 32.1. The van der Waals surface area contributed by atoms with Crippen LogP contribution in [-0.4, -0.2) is 16.8 Å². The largest absolute Gasteiger partial charge is 0.364 e. The SMILES string of the molecule is Cc1ccc(C)c(Nc2nc(C(N)=O)c(NC(=O)c3c(F)cccc3F)s2)c1. The van der Waals surface area contributed by atoms with Gasteiger partial charge in [-0.05, 0) is 43.2 Å². The van der Waals surface area contributed by atoms with Crippen LogP contribution in [0.15, 0.2) is 36.4 Å². The number of carbonyl (C=O) groups is 2. The Hall–Kier alpha value is -3.33. The van der Waals surface area contributed by atoms with E-state index < -0.39 is 29.0 Å². The van der Waals surface area contributed by atoms with Gasteiger partial charge in [0.1, 0.15) is 22.2 Å². The first-order valence-corrected chi connectivity index (χ1v) is 8.98. The Kier molecular flexibility index (Phi) is 5.36. The fourth-order valence-corrected chi connectivity index (χ4v) is 3.37. The van der Waals surface area contributed by atoms with Crippen molar-refractivity contribution in [2.24, 2.45) is 5.73 Å². The third kappa shape index (κ3) is 3.99. The third-order valence-corrected chi connectivity index (χ3v) is 4.80. The summed E-state index contributed by atoms with van der Waals surface area (Å²) >= 11 is 0.932. The molecule has 0 atom stereocenters. The average Bonchev–Trinajstić information content (AvgIpc) is 3.00. The van der Waals surface area contributed by atoms with E-state index in [-0.39, 0.29) is 10.7 Å². The van der Waals surface area contributed by atoms with E-state index in [9.17, 15) is 18.4 Å². The molecule has 2 amide bonds. The Balaban J connectivity index is 1.92. The van der Waals surface area contributed by atoms with Crippen LogP contribution in [0.4, 0.5) is 24.6 Å². The lowest BCUT2D eigenvalue weighted by atomic mass is 10.1. The fraction of sp³-hybridized carbons (Fsp3) is 0.105. The molecule has 3 rings (SSSR count). The number of thiazole rings is 1. The molecule has 3 aromatic rings. The molecule has 4 N–H and O–H groups in total. The number of benzene rings is 2. The Morgan fingerprint density at radius 1 is 1.11 bits per heavy atom. The summed E-state index contributed by atoms with van der Waals surface area (Å²) in [5.74, 6) is -3.96. The van der Waals surface area contributed by atoms with E-state index in [1.807, 2.05) is 32.0 Å². The maximum absolute atomic E-state index is 13.8. The van der Waals surface area contributed by atoms with Crippen LogP contribution in [0.1, 0.15) is 32.0 Å². The minimum Gasteiger partial charge on any atom is -0.364 e. The molecule has 0 radical (unpaired) electrons. The van der Waals surface area contributed by atoms with Gasteiger partial charge in [-0.2, -0.15) is 0 Å². The van der Waals surface area contributed by atoms with E-state index in [0.29, 0.717) is 5.13 Å². The number of aromatic nitrogens is 1. The number of nitrogens with one attached hydrogen (secondary N) is 2. The van der Waals surface area contributed by atoms with Crippen LogP contribution in [0.3, 0.4) is 0 Å². The summed E-state index contributed by atoms with van der Waals surface area (Å²) in [7, 11) is 0. The van der Waals surface area contributed by atoms with Crippen molar-refractivity contribution < 1.29 is 18.4 Å². The van der Waals surface area contributed by atoms with Gasteiger partial charge < -0.3 is 16.4 Å². The number of amides is 2. The maximum atomic E-state index is 13.8. The van der Waals surface area contributed by atoms with Crippen LogP contribution < -0.4 is 16.4 Å². The molecule has 0 aliphatic heterocycles. The van der Waals surface area contributed by atoms with Crippen LogP contribution in [0.2, 0.25) is 0 Å². The van der Waals surface area contributed by atoms with Gasteiger partial charge in [-0.25, -0.2) is 13.8 Å². The minimum absolute atomic E-state index is 0.00652. The molecule has 6 nitrogen and oxygen atoms in total. The fourth-order valence-electron chi connectivity index (χ4n) is 2.49. The molecule has 0 saturated heterocycles. The van der Waals surface area contributed by atoms with Crippen molar-refractivity contribution in [3.8, 4) is 0 Å². The predicted octanol–water partition coefficient (Wildman–Crippen LogP) is 4.13. The van der Waals surface area contributed by atoms with Crippen LogP contribution in [-0.2, 0) is 0 Å². The number of hydrogen-bond donors (Lipinski definition) is 3. The monoisotopic (exact) mass is 402 g/mol. The van der Waals surface area contributed by atoms with Gasteiger partial charge in [0, 0.05) is 5.69 Å². The van der Waals surface area contributed by atoms with Crippen LogP contribution in [0.25, 0.3) is 0 Å². The summed E-state index contributed by atoms with van der Waals surface area (Å²) in [5.41, 5.74) is 7.10. The predicted molar refractivity (Wildman–Crippen MR) is 104 cm³/mol. The van der Waals surface area contributed by atoms with Crippen molar-refractivity contribution in [3.05, 3.63) is 70.4 Å². The van der Waals surface area contributed by atoms with Crippen molar-refractivity contribution >= 4 is 39.0 Å². The number of nitrogens with zero attached hydrogens (tertiary/aromatic N) is 1. The number of rotatable bonds is 5. The molecule has 1 heterocycles. The van der Waals surface area contributed by atoms with Crippen molar-refractivity contribution in [1.29, 1.82) is 0 Å². The highest BCUT2D eigenvalue weighted by Crippen LogP contribution is 2.32. The molecule has 0 saturated carbocycles. The van der Waals surface area contributed by atoms with Gasteiger partial charge in [0.15, 0.2) is 10.8 Å². The second kappa shape index (κ2) is 7.73. The molecule has 1 aromatic heterocycles. The molecular formula is C19H16F2N4O2S. The second-order valence-electron chi connectivity index (χ2n) is 6.06. The lowest BCUT2D eigenvalue weighted by Gasteiger charge is -2.07. The van der Waals surface area contributed by atoms with Gasteiger partial charge >= 0.3 is 0 Å². The van der Waals surface area contributed by atoms with Gasteiger partial charge in [0.25, 0.3) is 11.8 Å². The molecule has 28 heavy (non-hydrogen) atoms. The van der Waals surface area contributed by atoms with E-state index >= 15 is 0 Å². The van der Waals surface area contributed by atoms with Gasteiger partial charge in [-0.3, -0.25) is 9.59 Å². The lowest BCUT2D eigenvalue weighted by molar-refractivity contribution is 0.0997. The molecular weight excluding hydrogens is 386 g/mol. The molecule has 2 aromatic carbocycles. The van der Waals surface area contributed by atoms with Gasteiger partial charge in [0.2, 0.25) is 0 Å². The van der Waals surface area contributed by atoms with E-state index in [2.05, 4.69) is 15.6 Å². The first-order valence-electron chi connectivity index (χ1n) is 8.16. The highest BCUT2D eigenvalue weighted by Gasteiger charge is 2.22. The first-order chi connectivity index (χ1) is 13.3. The zero-order chi connectivity index (χ0) is 20.4. The van der Waals surface area contributed by atoms with Gasteiger partial charge in [-0.15, -0.1) is 0 Å². The van der Waals surface area contributed by atoms with E-state index in [4.69, 9.17) is 5.73 Å². The van der Waals surface area contributed by atoms with Gasteiger partial charge in [0.05, 0.1) is 0 Å². The van der Waals surface area contributed by atoms with E-state index in [1.165, 1.54) is 0 Å². The average molecular weight is 402 g/mol. The third-order valence-electron chi connectivity index (χ3n) is 3.91. The van der Waals surface area contributed by atoms with Crippen molar-refractivity contribution in [3.63, 3.8) is 0 Å². The summed E-state index contributed by atoms with van der Waals surface area (Å²) in [6.45, 7) is 3.82. The van der Waals surface area contributed by atoms with E-state index in [1.54, 1.807) is 0 Å². The quantitative estimate of drug-likeness (QED) is 0.598. The highest BCUT2D eigenvalue weighted by molar-refractivity contribution is 7.20. The Morgan fingerprint density at radius 3 is 2.43 bits per heavy atom. The molecule has 144 valence electrons. The second-order valence-corrected chi connectivity index (χ2v) is 7.05. The first kappa shape index (κ1) is 19.4. The van der Waals surface area contributed by atoms with Crippen molar-refractivity contribution in [2.45, 2.75) is 13.8 Å². The number of aryl methyl sites for hydroxylation is 2. The number of nitrogens with two attached hydrogens (primary N) is 1. The van der Waals surface area contributed by atoms with Crippen molar-refractivity contribution in [2.75, 3.05) is 10.6 Å². The molecule has 0 unspecified atom stereocenters. The number of anilines is 3. The van der Waals surface area contributed by atoms with Crippen LogP contribution in [0.5, 0.6) is 0 Å². The Morgan fingerprint density at radius 2 is 1.79 bits per heavy atom. The summed E-state index contributed by atoms with van der Waals surface area (Å²) in [6.07, 6.45) is 0. The lowest BCUT2D eigenvalue weighted by Crippen LogP contribution is -2.19. The topological polar surface area (TPSA) is 97.1 Å². The Bertz CT molecular complexity index is 1060. The molecule has 0 aliphatic rings. The molecule has 9 heteroatoms. The minimum atomic E-state index is -1.04. The standard InChI is InChI=1S/C19H16F2N4O2S/c1-9-6-7-10(2)13(8-9)23-19-24-15(16(22)26)18(28-19)25-17(27)14-11(20)4-3-5-12(14)21/h3-8H,1-2H3,(H2,22,26)(H,23,24)(H,25,27). The number of carbonyl (C=O) groups excluding carboxylic acids is 2. The zero-order valence-corrected chi connectivity index (χ0v) is 15.8. The Labute approximate surface area is 163 Å². The van der Waals surface area contributed by atoms with E-state index in [0.717, 1.165) is 46.4 Å². The summed E-state index contributed by atoms with van der Waals surface area (Å²) in [4.78, 5) is 28.1. The summed E-state index contributed by atoms with van der Waals surface area (Å²) in [5, 5.41) is 5.67. The zero-order valence-electron chi connectivity index (χ0n) is 15.0. The normalized spacial score (nSPS) is 10.6. The van der Waals surface area contributed by atoms with Crippen LogP contribution >= 0.6 is 11.3 Å². The molecule has 0 bridgehead atoms. The smallest absolute Gasteiger partial charge is 0.270 e. The van der Waals surface area contributed by atoms with Crippen molar-refractivity contribution in [1.82, 2.24) is 4.98 Å². The van der Waals surface area contributed by atoms with Crippen LogP contribution in [0, 0.1) is 25.5 Å². The molecule has 0 spiro atoms.